The van der Waals surface area contributed by atoms with Gasteiger partial charge in [-0.05, 0) is 17.7 Å². The van der Waals surface area contributed by atoms with Crippen LogP contribution in [0.1, 0.15) is 0 Å². The zero-order valence-electron chi connectivity index (χ0n) is 6.79. The van der Waals surface area contributed by atoms with Gasteiger partial charge < -0.3 is 5.73 Å². The Morgan fingerprint density at radius 3 is 2.77 bits per heavy atom. The average molecular weight is 177 g/mol. The molecule has 0 bridgehead atoms. The van der Waals surface area contributed by atoms with Gasteiger partial charge in [0.2, 0.25) is 0 Å². The zero-order chi connectivity index (χ0) is 9.26. The minimum Gasteiger partial charge on any atom is -0.396 e. The summed E-state index contributed by atoms with van der Waals surface area (Å²) in [7, 11) is 0. The minimum absolute atomic E-state index is 0.152. The molecule has 2 aromatic rings. The first-order chi connectivity index (χ1) is 6.27. The molecular weight excluding hydrogens is 169 g/mol. The van der Waals surface area contributed by atoms with Crippen molar-refractivity contribution in [2.75, 3.05) is 5.73 Å². The van der Waals surface area contributed by atoms with Crippen LogP contribution in [0.2, 0.25) is 0 Å². The van der Waals surface area contributed by atoms with Crippen LogP contribution < -0.4 is 5.73 Å². The van der Waals surface area contributed by atoms with Gasteiger partial charge in [-0.2, -0.15) is 5.10 Å². The van der Waals surface area contributed by atoms with Gasteiger partial charge >= 0.3 is 0 Å². The Morgan fingerprint density at radius 2 is 2.15 bits per heavy atom. The van der Waals surface area contributed by atoms with Crippen molar-refractivity contribution in [3.8, 4) is 11.1 Å². The molecule has 0 aliphatic heterocycles. The van der Waals surface area contributed by atoms with Gasteiger partial charge in [-0.15, -0.1) is 0 Å². The van der Waals surface area contributed by atoms with E-state index in [-0.39, 0.29) is 5.69 Å². The molecule has 0 spiro atoms. The molecule has 66 valence electrons. The van der Waals surface area contributed by atoms with Gasteiger partial charge in [0.1, 0.15) is 5.82 Å². The van der Waals surface area contributed by atoms with Gasteiger partial charge in [-0.25, -0.2) is 4.39 Å². The summed E-state index contributed by atoms with van der Waals surface area (Å²) in [5.74, 6) is -0.396. The summed E-state index contributed by atoms with van der Waals surface area (Å²) in [6, 6.07) is 4.59. The van der Waals surface area contributed by atoms with Crippen molar-refractivity contribution in [3.63, 3.8) is 0 Å². The molecular formula is C9H8FN3. The highest BCUT2D eigenvalue weighted by atomic mass is 19.1. The molecule has 0 saturated carbocycles. The highest BCUT2D eigenvalue weighted by Crippen LogP contribution is 2.21. The molecule has 3 nitrogen and oxygen atoms in total. The second kappa shape index (κ2) is 2.90. The molecule has 0 radical (unpaired) electrons. The molecule has 0 saturated heterocycles. The van der Waals surface area contributed by atoms with Crippen molar-refractivity contribution >= 4 is 5.69 Å². The molecule has 1 aromatic carbocycles. The van der Waals surface area contributed by atoms with E-state index in [1.807, 2.05) is 0 Å². The fourth-order valence-corrected chi connectivity index (χ4v) is 1.13. The van der Waals surface area contributed by atoms with Crippen LogP contribution in [0.15, 0.2) is 30.6 Å². The number of nitrogen functional groups attached to an aromatic ring is 1. The predicted octanol–water partition coefficient (Wildman–Crippen LogP) is 1.80. The van der Waals surface area contributed by atoms with Crippen LogP contribution in [-0.4, -0.2) is 10.2 Å². The van der Waals surface area contributed by atoms with E-state index in [1.165, 1.54) is 6.07 Å². The molecule has 0 unspecified atom stereocenters. The molecule has 0 aliphatic rings. The fraction of sp³-hybridized carbons (Fsp3) is 0. The first-order valence-electron chi connectivity index (χ1n) is 3.81. The fourth-order valence-electron chi connectivity index (χ4n) is 1.13. The first kappa shape index (κ1) is 7.79. The van der Waals surface area contributed by atoms with E-state index < -0.39 is 5.82 Å². The maximum atomic E-state index is 12.8. The smallest absolute Gasteiger partial charge is 0.146 e. The number of rotatable bonds is 1. The van der Waals surface area contributed by atoms with Gasteiger partial charge in [-0.1, -0.05) is 6.07 Å². The summed E-state index contributed by atoms with van der Waals surface area (Å²) >= 11 is 0. The lowest BCUT2D eigenvalue weighted by Gasteiger charge is -1.99. The topological polar surface area (TPSA) is 54.7 Å². The van der Waals surface area contributed by atoms with Crippen molar-refractivity contribution < 1.29 is 4.39 Å². The number of nitrogens with two attached hydrogens (primary N) is 1. The van der Waals surface area contributed by atoms with Crippen molar-refractivity contribution in [2.45, 2.75) is 0 Å². The summed E-state index contributed by atoms with van der Waals surface area (Å²) in [5.41, 5.74) is 7.32. The third-order valence-electron chi connectivity index (χ3n) is 1.83. The third-order valence-corrected chi connectivity index (χ3v) is 1.83. The third kappa shape index (κ3) is 1.38. The summed E-state index contributed by atoms with van der Waals surface area (Å²) in [5, 5.41) is 6.47. The van der Waals surface area contributed by atoms with Crippen molar-refractivity contribution in [1.82, 2.24) is 10.2 Å². The van der Waals surface area contributed by atoms with Gasteiger partial charge in [-0.3, -0.25) is 5.10 Å². The molecule has 1 heterocycles. The van der Waals surface area contributed by atoms with Crippen LogP contribution >= 0.6 is 0 Å². The molecule has 13 heavy (non-hydrogen) atoms. The highest BCUT2D eigenvalue weighted by molar-refractivity contribution is 5.66. The average Bonchev–Trinajstić information content (AvgIpc) is 2.62. The summed E-state index contributed by atoms with van der Waals surface area (Å²) in [4.78, 5) is 0. The van der Waals surface area contributed by atoms with Gasteiger partial charge in [0.05, 0.1) is 11.9 Å². The molecule has 0 aliphatic carbocycles. The van der Waals surface area contributed by atoms with E-state index >= 15 is 0 Å². The SMILES string of the molecule is Nc1cc(-c2cn[nH]c2)ccc1F. The monoisotopic (exact) mass is 177 g/mol. The number of nitrogens with zero attached hydrogens (tertiary/aromatic N) is 1. The van der Waals surface area contributed by atoms with Crippen LogP contribution in [0.3, 0.4) is 0 Å². The van der Waals surface area contributed by atoms with Crippen LogP contribution in [0, 0.1) is 5.82 Å². The first-order valence-corrected chi connectivity index (χ1v) is 3.81. The standard InChI is InChI=1S/C9H8FN3/c10-8-2-1-6(3-9(8)11)7-4-12-13-5-7/h1-5H,11H2,(H,12,13). The van der Waals surface area contributed by atoms with Crippen molar-refractivity contribution in [1.29, 1.82) is 0 Å². The maximum absolute atomic E-state index is 12.8. The van der Waals surface area contributed by atoms with E-state index in [0.717, 1.165) is 11.1 Å². The minimum atomic E-state index is -0.396. The lowest BCUT2D eigenvalue weighted by Crippen LogP contribution is -1.90. The van der Waals surface area contributed by atoms with E-state index in [0.29, 0.717) is 0 Å². The zero-order valence-corrected chi connectivity index (χ0v) is 6.79. The lowest BCUT2D eigenvalue weighted by molar-refractivity contribution is 0.632. The number of aromatic amines is 1. The number of aromatic nitrogens is 2. The van der Waals surface area contributed by atoms with E-state index in [9.17, 15) is 4.39 Å². The van der Waals surface area contributed by atoms with Crippen LogP contribution in [0.5, 0.6) is 0 Å². The Bertz CT molecular complexity index is 409. The Balaban J connectivity index is 2.49. The van der Waals surface area contributed by atoms with E-state index in [4.69, 9.17) is 5.73 Å². The Kier molecular flexibility index (Phi) is 1.73. The largest absolute Gasteiger partial charge is 0.396 e. The number of halogens is 1. The normalized spacial score (nSPS) is 10.2. The Morgan fingerprint density at radius 1 is 1.31 bits per heavy atom. The second-order valence-corrected chi connectivity index (χ2v) is 2.72. The maximum Gasteiger partial charge on any atom is 0.146 e. The second-order valence-electron chi connectivity index (χ2n) is 2.72. The molecule has 1 aromatic heterocycles. The van der Waals surface area contributed by atoms with Crippen molar-refractivity contribution in [3.05, 3.63) is 36.4 Å². The Hall–Kier alpha value is -1.84. The number of benzene rings is 1. The Labute approximate surface area is 74.4 Å². The summed E-state index contributed by atoms with van der Waals surface area (Å²) in [6.07, 6.45) is 3.39. The molecule has 0 atom stereocenters. The molecule has 3 N–H and O–H groups in total. The van der Waals surface area contributed by atoms with E-state index in [1.54, 1.807) is 24.5 Å². The quantitative estimate of drug-likeness (QED) is 0.652. The number of anilines is 1. The number of H-pyrrole nitrogens is 1. The van der Waals surface area contributed by atoms with Crippen molar-refractivity contribution in [2.24, 2.45) is 0 Å². The van der Waals surface area contributed by atoms with Crippen LogP contribution in [0.25, 0.3) is 11.1 Å². The molecule has 2 rings (SSSR count). The number of nitrogens with one attached hydrogen (secondary N) is 1. The van der Waals surface area contributed by atoms with Crippen LogP contribution in [-0.2, 0) is 0 Å². The molecule has 0 fully saturated rings. The van der Waals surface area contributed by atoms with Gasteiger partial charge in [0.25, 0.3) is 0 Å². The number of hydrogen-bond acceptors (Lipinski definition) is 2. The number of hydrogen-bond donors (Lipinski definition) is 2. The van der Waals surface area contributed by atoms with E-state index in [2.05, 4.69) is 10.2 Å². The van der Waals surface area contributed by atoms with Gasteiger partial charge in [0.15, 0.2) is 0 Å². The summed E-state index contributed by atoms with van der Waals surface area (Å²) < 4.78 is 12.8. The highest BCUT2D eigenvalue weighted by Gasteiger charge is 2.02. The predicted molar refractivity (Wildman–Crippen MR) is 48.4 cm³/mol. The summed E-state index contributed by atoms with van der Waals surface area (Å²) in [6.45, 7) is 0. The van der Waals surface area contributed by atoms with Gasteiger partial charge in [0, 0.05) is 11.8 Å². The molecule has 4 heteroatoms. The molecule has 0 amide bonds. The van der Waals surface area contributed by atoms with Crippen LogP contribution in [0.4, 0.5) is 10.1 Å². The lowest BCUT2D eigenvalue weighted by atomic mass is 10.1.